The predicted octanol–water partition coefficient (Wildman–Crippen LogP) is 4.08. The smallest absolute Gasteiger partial charge is 0.307 e. The lowest BCUT2D eigenvalue weighted by atomic mass is 10.0. The van der Waals surface area contributed by atoms with Gasteiger partial charge in [-0.3, -0.25) is 9.59 Å². The number of aryl methyl sites for hydroxylation is 1. The highest BCUT2D eigenvalue weighted by Gasteiger charge is 2.19. The third kappa shape index (κ3) is 5.27. The number of rotatable bonds is 7. The fraction of sp³-hybridized carbons (Fsp3) is 0.227. The Morgan fingerprint density at radius 1 is 1.11 bits per heavy atom. The maximum atomic E-state index is 12.6. The minimum atomic E-state index is -0.434. The summed E-state index contributed by atoms with van der Waals surface area (Å²) < 4.78 is 4.76. The minimum absolute atomic E-state index is 0.0813. The van der Waals surface area contributed by atoms with Crippen molar-refractivity contribution in [3.63, 3.8) is 0 Å². The van der Waals surface area contributed by atoms with Gasteiger partial charge in [-0.05, 0) is 12.5 Å². The summed E-state index contributed by atoms with van der Waals surface area (Å²) in [5, 5.41) is 5.71. The minimum Gasteiger partial charge on any atom is -0.469 e. The molecule has 3 aromatic rings. The van der Waals surface area contributed by atoms with E-state index in [2.05, 4.69) is 10.3 Å². The van der Waals surface area contributed by atoms with Crippen molar-refractivity contribution in [1.29, 1.82) is 0 Å². The first kappa shape index (κ1) is 19.8. The molecule has 0 spiro atoms. The first-order chi connectivity index (χ1) is 13.5. The monoisotopic (exact) mass is 394 g/mol. The summed E-state index contributed by atoms with van der Waals surface area (Å²) in [6.45, 7) is 2.04. The Balaban J connectivity index is 1.67. The van der Waals surface area contributed by atoms with Crippen LogP contribution in [0, 0.1) is 6.92 Å². The van der Waals surface area contributed by atoms with Crippen LogP contribution >= 0.6 is 11.3 Å². The third-order valence-corrected chi connectivity index (χ3v) is 5.27. The fourth-order valence-corrected chi connectivity index (χ4v) is 3.64. The average Bonchev–Trinajstić information content (AvgIpc) is 3.16. The van der Waals surface area contributed by atoms with Crippen molar-refractivity contribution in [3.05, 3.63) is 76.8 Å². The number of esters is 1. The van der Waals surface area contributed by atoms with E-state index in [9.17, 15) is 9.59 Å². The maximum absolute atomic E-state index is 12.6. The van der Waals surface area contributed by atoms with Crippen molar-refractivity contribution < 1.29 is 14.3 Å². The molecule has 0 aliphatic carbocycles. The number of benzene rings is 2. The molecule has 0 saturated carbocycles. The van der Waals surface area contributed by atoms with Crippen LogP contribution in [0.15, 0.2) is 60.0 Å². The van der Waals surface area contributed by atoms with Crippen LogP contribution in [0.2, 0.25) is 0 Å². The van der Waals surface area contributed by atoms with Crippen molar-refractivity contribution in [2.24, 2.45) is 0 Å². The Morgan fingerprint density at radius 3 is 2.50 bits per heavy atom. The Bertz CT molecular complexity index is 936. The second kappa shape index (κ2) is 9.28. The quantitative estimate of drug-likeness (QED) is 0.613. The van der Waals surface area contributed by atoms with Crippen molar-refractivity contribution in [3.8, 4) is 10.6 Å². The number of amides is 1. The van der Waals surface area contributed by atoms with Crippen molar-refractivity contribution in [2.75, 3.05) is 7.11 Å². The molecule has 28 heavy (non-hydrogen) atoms. The zero-order chi connectivity index (χ0) is 19.9. The van der Waals surface area contributed by atoms with Crippen LogP contribution in [0.4, 0.5) is 0 Å². The molecule has 0 fully saturated rings. The van der Waals surface area contributed by atoms with Gasteiger partial charge in [-0.25, -0.2) is 4.98 Å². The van der Waals surface area contributed by atoms with E-state index in [1.807, 2.05) is 66.9 Å². The molecule has 1 N–H and O–H groups in total. The number of hydrogen-bond acceptors (Lipinski definition) is 5. The molecular formula is C22H22N2O3S. The molecule has 3 rings (SSSR count). The molecule has 0 aliphatic rings. The number of hydrogen-bond donors (Lipinski definition) is 1. The summed E-state index contributed by atoms with van der Waals surface area (Å²) in [5.41, 5.74) is 3.80. The van der Waals surface area contributed by atoms with E-state index in [1.165, 1.54) is 24.0 Å². The number of nitrogens with one attached hydrogen (secondary N) is 1. The van der Waals surface area contributed by atoms with Crippen LogP contribution in [0.3, 0.4) is 0 Å². The molecule has 144 valence electrons. The van der Waals surface area contributed by atoms with Crippen molar-refractivity contribution in [2.45, 2.75) is 25.8 Å². The van der Waals surface area contributed by atoms with E-state index >= 15 is 0 Å². The van der Waals surface area contributed by atoms with Crippen LogP contribution in [-0.4, -0.2) is 24.0 Å². The van der Waals surface area contributed by atoms with E-state index in [0.717, 1.165) is 16.1 Å². The number of thiazole rings is 1. The molecule has 6 heteroatoms. The highest BCUT2D eigenvalue weighted by atomic mass is 32.1. The summed E-state index contributed by atoms with van der Waals surface area (Å²) in [5.74, 6) is -0.553. The molecule has 1 aromatic heterocycles. The first-order valence-electron chi connectivity index (χ1n) is 8.97. The zero-order valence-electron chi connectivity index (χ0n) is 15.8. The van der Waals surface area contributed by atoms with E-state index in [1.54, 1.807) is 0 Å². The second-order valence-corrected chi connectivity index (χ2v) is 7.36. The molecule has 1 atom stereocenters. The van der Waals surface area contributed by atoms with E-state index in [-0.39, 0.29) is 24.7 Å². The molecular weight excluding hydrogens is 372 g/mol. The lowest BCUT2D eigenvalue weighted by Crippen LogP contribution is -2.31. The lowest BCUT2D eigenvalue weighted by Gasteiger charge is -2.18. The van der Waals surface area contributed by atoms with Gasteiger partial charge in [-0.2, -0.15) is 0 Å². The van der Waals surface area contributed by atoms with Crippen LogP contribution in [0.25, 0.3) is 10.6 Å². The molecule has 2 aromatic carbocycles. The first-order valence-corrected chi connectivity index (χ1v) is 9.85. The van der Waals surface area contributed by atoms with Crippen LogP contribution in [0.5, 0.6) is 0 Å². The lowest BCUT2D eigenvalue weighted by molar-refractivity contribution is -0.141. The van der Waals surface area contributed by atoms with Gasteiger partial charge in [-0.1, -0.05) is 60.2 Å². The Hall–Kier alpha value is -2.99. The second-order valence-electron chi connectivity index (χ2n) is 6.50. The maximum Gasteiger partial charge on any atom is 0.307 e. The molecule has 5 nitrogen and oxygen atoms in total. The summed E-state index contributed by atoms with van der Waals surface area (Å²) in [4.78, 5) is 28.9. The largest absolute Gasteiger partial charge is 0.469 e. The number of aromatic nitrogens is 1. The summed E-state index contributed by atoms with van der Waals surface area (Å²) in [6.07, 6.45) is 0.241. The van der Waals surface area contributed by atoms with Gasteiger partial charge in [0.2, 0.25) is 5.91 Å². The molecule has 1 amide bonds. The highest BCUT2D eigenvalue weighted by molar-refractivity contribution is 7.13. The molecule has 0 saturated heterocycles. The van der Waals surface area contributed by atoms with Crippen LogP contribution in [0.1, 0.15) is 29.3 Å². The number of nitrogens with zero attached hydrogens (tertiary/aromatic N) is 1. The van der Waals surface area contributed by atoms with Gasteiger partial charge < -0.3 is 10.1 Å². The summed E-state index contributed by atoms with van der Waals surface area (Å²) in [7, 11) is 1.34. The number of carbonyl (C=O) groups is 2. The van der Waals surface area contributed by atoms with E-state index in [0.29, 0.717) is 5.69 Å². The zero-order valence-corrected chi connectivity index (χ0v) is 16.7. The Labute approximate surface area is 168 Å². The van der Waals surface area contributed by atoms with Crippen molar-refractivity contribution >= 4 is 23.2 Å². The Kier molecular flexibility index (Phi) is 6.55. The molecule has 0 radical (unpaired) electrons. The average molecular weight is 394 g/mol. The van der Waals surface area contributed by atoms with E-state index < -0.39 is 6.04 Å². The normalized spacial score (nSPS) is 11.6. The molecule has 1 unspecified atom stereocenters. The third-order valence-electron chi connectivity index (χ3n) is 4.33. The predicted molar refractivity (Wildman–Crippen MR) is 110 cm³/mol. The fourth-order valence-electron chi connectivity index (χ4n) is 2.81. The van der Waals surface area contributed by atoms with Gasteiger partial charge in [0.1, 0.15) is 5.01 Å². The van der Waals surface area contributed by atoms with Crippen LogP contribution < -0.4 is 5.32 Å². The topological polar surface area (TPSA) is 68.3 Å². The molecule has 0 aliphatic heterocycles. The number of carbonyl (C=O) groups excluding carboxylic acids is 2. The van der Waals surface area contributed by atoms with E-state index in [4.69, 9.17) is 4.74 Å². The SMILES string of the molecule is COC(=O)CC(NC(=O)Cc1csc(-c2ccc(C)cc2)n1)c1ccccc1. The number of methoxy groups -OCH3 is 1. The molecule has 1 heterocycles. The standard InChI is InChI=1S/C22H22N2O3S/c1-15-8-10-17(11-9-15)22-23-18(14-28-22)12-20(25)24-19(13-21(26)27-2)16-6-4-3-5-7-16/h3-11,14,19H,12-13H2,1-2H3,(H,24,25). The van der Waals surface area contributed by atoms with Crippen LogP contribution in [-0.2, 0) is 20.7 Å². The van der Waals surface area contributed by atoms with Gasteiger partial charge in [0.25, 0.3) is 0 Å². The summed E-state index contributed by atoms with van der Waals surface area (Å²) >= 11 is 1.51. The Morgan fingerprint density at radius 2 is 1.82 bits per heavy atom. The van der Waals surface area contributed by atoms with Gasteiger partial charge in [0.15, 0.2) is 0 Å². The van der Waals surface area contributed by atoms with Gasteiger partial charge in [0.05, 0.1) is 31.7 Å². The van der Waals surface area contributed by atoms with Gasteiger partial charge in [-0.15, -0.1) is 11.3 Å². The highest BCUT2D eigenvalue weighted by Crippen LogP contribution is 2.24. The molecule has 0 bridgehead atoms. The van der Waals surface area contributed by atoms with Gasteiger partial charge >= 0.3 is 5.97 Å². The number of ether oxygens (including phenoxy) is 1. The summed E-state index contributed by atoms with van der Waals surface area (Å²) in [6, 6.07) is 17.1. The van der Waals surface area contributed by atoms with Crippen molar-refractivity contribution in [1.82, 2.24) is 10.3 Å². The van der Waals surface area contributed by atoms with Gasteiger partial charge in [0, 0.05) is 10.9 Å².